The summed E-state index contributed by atoms with van der Waals surface area (Å²) in [7, 11) is 0. The van der Waals surface area contributed by atoms with Gasteiger partial charge < -0.3 is 14.2 Å². The van der Waals surface area contributed by atoms with Crippen LogP contribution in [0.25, 0.3) is 0 Å². The van der Waals surface area contributed by atoms with Gasteiger partial charge in [0.25, 0.3) is 0 Å². The first kappa shape index (κ1) is 66.3. The van der Waals surface area contributed by atoms with E-state index in [1.165, 1.54) is 83.5 Å². The number of hydrogen-bond acceptors (Lipinski definition) is 6. The van der Waals surface area contributed by atoms with Crippen molar-refractivity contribution in [3.8, 4) is 0 Å². The highest BCUT2D eigenvalue weighted by molar-refractivity contribution is 5.72. The number of allylic oxidation sites excluding steroid dienone is 23. The molecule has 6 nitrogen and oxygen atoms in total. The number of esters is 3. The molecule has 0 aliphatic rings. The van der Waals surface area contributed by atoms with Crippen LogP contribution in [0.3, 0.4) is 0 Å². The molecule has 0 aromatic rings. The third-order valence-corrected chi connectivity index (χ3v) is 11.3. The van der Waals surface area contributed by atoms with Gasteiger partial charge >= 0.3 is 17.9 Å². The van der Waals surface area contributed by atoms with Gasteiger partial charge in [-0.05, 0) is 116 Å². The molecule has 6 heteroatoms. The number of carbonyl (C=O) groups is 3. The van der Waals surface area contributed by atoms with Gasteiger partial charge in [0, 0.05) is 12.8 Å². The Morgan fingerprint density at radius 3 is 1.03 bits per heavy atom. The average Bonchev–Trinajstić information content (AvgIpc) is 3.37. The summed E-state index contributed by atoms with van der Waals surface area (Å²) < 4.78 is 16.7. The van der Waals surface area contributed by atoms with Gasteiger partial charge in [-0.15, -0.1) is 0 Å². The Morgan fingerprint density at radius 1 is 0.310 bits per heavy atom. The molecule has 0 saturated heterocycles. The highest BCUT2D eigenvalue weighted by atomic mass is 16.6. The maximum atomic E-state index is 12.8. The van der Waals surface area contributed by atoms with Crippen LogP contribution in [0.4, 0.5) is 0 Å². The predicted molar refractivity (Wildman–Crippen MR) is 306 cm³/mol. The van der Waals surface area contributed by atoms with Crippen LogP contribution in [0, 0.1) is 0 Å². The second-order valence-electron chi connectivity index (χ2n) is 18.1. The fourth-order valence-electron chi connectivity index (χ4n) is 7.17. The number of carbonyl (C=O) groups excluding carboxylic acids is 3. The lowest BCUT2D eigenvalue weighted by atomic mass is 10.1. The lowest BCUT2D eigenvalue weighted by Gasteiger charge is -2.18. The topological polar surface area (TPSA) is 78.9 Å². The van der Waals surface area contributed by atoms with Crippen molar-refractivity contribution in [2.75, 3.05) is 13.2 Å². The van der Waals surface area contributed by atoms with Crippen LogP contribution in [-0.4, -0.2) is 37.2 Å². The van der Waals surface area contributed by atoms with E-state index in [9.17, 15) is 14.4 Å². The first-order valence-corrected chi connectivity index (χ1v) is 28.3. The molecule has 0 spiro atoms. The second-order valence-corrected chi connectivity index (χ2v) is 18.1. The van der Waals surface area contributed by atoms with Crippen molar-refractivity contribution in [3.63, 3.8) is 0 Å². The average molecular weight is 980 g/mol. The Morgan fingerprint density at radius 2 is 0.620 bits per heavy atom. The molecule has 1 unspecified atom stereocenters. The van der Waals surface area contributed by atoms with Crippen molar-refractivity contribution in [1.82, 2.24) is 0 Å². The van der Waals surface area contributed by atoms with Gasteiger partial charge in [-0.1, -0.05) is 237 Å². The van der Waals surface area contributed by atoms with Gasteiger partial charge in [0.05, 0.1) is 6.42 Å². The molecule has 0 radical (unpaired) electrons. The minimum Gasteiger partial charge on any atom is -0.462 e. The molecule has 0 aromatic heterocycles. The van der Waals surface area contributed by atoms with Crippen molar-refractivity contribution in [2.24, 2.45) is 0 Å². The van der Waals surface area contributed by atoms with E-state index < -0.39 is 18.0 Å². The van der Waals surface area contributed by atoms with E-state index in [4.69, 9.17) is 14.2 Å². The third-order valence-electron chi connectivity index (χ3n) is 11.3. The standard InChI is InChI=1S/C65H102O6/c1-4-7-10-13-16-19-22-25-28-30-31-32-33-35-37-40-43-46-49-52-55-58-64(67)70-61-62(60-69-63(66)57-54-51-48-45-42-39-36-27-24-21-18-15-12-9-6-3)71-65(68)59-56-53-50-47-44-41-38-34-29-26-23-20-17-14-11-8-5-2/h8-9,11-12,17-18,20-22,25-27,29-31,36,38,41-42,45,47,50-51,54,62H,4-7,10,13-16,19,23-24,28,32-35,37,39-40,43-44,46,48-49,52-53,55-61H2,1-3H3/b11-8-,12-9-,20-17-,21-18-,25-22-,29-26-,31-30-,36-27-,41-38-,45-42-,50-47-,54-51-. The number of hydrogen-bond donors (Lipinski definition) is 0. The van der Waals surface area contributed by atoms with Crippen molar-refractivity contribution < 1.29 is 28.6 Å². The molecule has 398 valence electrons. The van der Waals surface area contributed by atoms with E-state index in [0.29, 0.717) is 12.8 Å². The van der Waals surface area contributed by atoms with Gasteiger partial charge in [0.15, 0.2) is 6.10 Å². The molecule has 0 N–H and O–H groups in total. The van der Waals surface area contributed by atoms with Gasteiger partial charge in [0.2, 0.25) is 0 Å². The Kier molecular flexibility index (Phi) is 54.0. The fraction of sp³-hybridized carbons (Fsp3) is 0.585. The van der Waals surface area contributed by atoms with E-state index in [2.05, 4.69) is 154 Å². The molecule has 0 fully saturated rings. The summed E-state index contributed by atoms with van der Waals surface area (Å²) in [4.78, 5) is 38.1. The molecule has 1 atom stereocenters. The van der Waals surface area contributed by atoms with E-state index in [1.54, 1.807) is 6.08 Å². The van der Waals surface area contributed by atoms with Crippen LogP contribution >= 0.6 is 0 Å². The Labute approximate surface area is 436 Å². The van der Waals surface area contributed by atoms with E-state index in [1.807, 2.05) is 6.08 Å². The molecule has 0 amide bonds. The monoisotopic (exact) mass is 979 g/mol. The molecule has 0 heterocycles. The highest BCUT2D eigenvalue weighted by Crippen LogP contribution is 2.13. The molecule has 0 aliphatic carbocycles. The maximum Gasteiger partial charge on any atom is 0.309 e. The zero-order valence-corrected chi connectivity index (χ0v) is 45.4. The number of rotatable bonds is 49. The van der Waals surface area contributed by atoms with E-state index in [0.717, 1.165) is 96.3 Å². The summed E-state index contributed by atoms with van der Waals surface area (Å²) in [6.07, 6.45) is 83.0. The van der Waals surface area contributed by atoms with Crippen molar-refractivity contribution in [3.05, 3.63) is 146 Å². The fourth-order valence-corrected chi connectivity index (χ4v) is 7.17. The van der Waals surface area contributed by atoms with Crippen LogP contribution in [0.15, 0.2) is 146 Å². The molecule has 0 saturated carbocycles. The van der Waals surface area contributed by atoms with E-state index in [-0.39, 0.29) is 32.0 Å². The first-order valence-electron chi connectivity index (χ1n) is 28.3. The highest BCUT2D eigenvalue weighted by Gasteiger charge is 2.19. The first-order chi connectivity index (χ1) is 35.0. The van der Waals surface area contributed by atoms with Crippen LogP contribution in [-0.2, 0) is 28.6 Å². The zero-order chi connectivity index (χ0) is 51.4. The SMILES string of the molecule is CC/C=C\C/C=C\C/C=C\C/C=C\C/C=C\CCCC(=O)OC(COC(=O)C/C=C\C/C=C\C/C=C\C/C=C\C/C=C\CC)COC(=O)CCCCCCCCCCC/C=C\C/C=C\CCCCCCC. The summed E-state index contributed by atoms with van der Waals surface area (Å²) >= 11 is 0. The predicted octanol–water partition coefficient (Wildman–Crippen LogP) is 19.2. The van der Waals surface area contributed by atoms with Gasteiger partial charge in [-0.3, -0.25) is 14.4 Å². The molecular formula is C65H102O6. The van der Waals surface area contributed by atoms with Gasteiger partial charge in [-0.2, -0.15) is 0 Å². The minimum atomic E-state index is -0.856. The van der Waals surface area contributed by atoms with E-state index >= 15 is 0 Å². The largest absolute Gasteiger partial charge is 0.462 e. The summed E-state index contributed by atoms with van der Waals surface area (Å²) in [5.74, 6) is -1.14. The molecule has 0 rings (SSSR count). The third kappa shape index (κ3) is 56.1. The smallest absolute Gasteiger partial charge is 0.309 e. The van der Waals surface area contributed by atoms with Crippen LogP contribution in [0.2, 0.25) is 0 Å². The summed E-state index contributed by atoms with van der Waals surface area (Å²) in [6, 6.07) is 0. The maximum absolute atomic E-state index is 12.8. The molecule has 0 bridgehead atoms. The molecule has 0 aliphatic heterocycles. The minimum absolute atomic E-state index is 0.108. The van der Waals surface area contributed by atoms with Crippen molar-refractivity contribution in [2.45, 2.75) is 232 Å². The lowest BCUT2D eigenvalue weighted by molar-refractivity contribution is -0.166. The zero-order valence-electron chi connectivity index (χ0n) is 45.4. The molecule has 0 aromatic carbocycles. The number of unbranched alkanes of at least 4 members (excludes halogenated alkanes) is 15. The Balaban J connectivity index is 4.57. The lowest BCUT2D eigenvalue weighted by Crippen LogP contribution is -2.30. The summed E-state index contributed by atoms with van der Waals surface area (Å²) in [5, 5.41) is 0. The Hall–Kier alpha value is -4.71. The van der Waals surface area contributed by atoms with Crippen LogP contribution in [0.5, 0.6) is 0 Å². The summed E-state index contributed by atoms with van der Waals surface area (Å²) in [6.45, 7) is 6.25. The van der Waals surface area contributed by atoms with Crippen molar-refractivity contribution in [1.29, 1.82) is 0 Å². The summed E-state index contributed by atoms with van der Waals surface area (Å²) in [5.41, 5.74) is 0. The van der Waals surface area contributed by atoms with Crippen molar-refractivity contribution >= 4 is 17.9 Å². The normalized spacial score (nSPS) is 13.2. The quantitative estimate of drug-likeness (QED) is 0.0262. The molecule has 71 heavy (non-hydrogen) atoms. The number of ether oxygens (including phenoxy) is 3. The molecular weight excluding hydrogens is 877 g/mol. The van der Waals surface area contributed by atoms with Gasteiger partial charge in [-0.25, -0.2) is 0 Å². The Bertz CT molecular complexity index is 1590. The second kappa shape index (κ2) is 57.9. The van der Waals surface area contributed by atoms with Gasteiger partial charge in [0.1, 0.15) is 13.2 Å². The van der Waals surface area contributed by atoms with Crippen LogP contribution < -0.4 is 0 Å². The van der Waals surface area contributed by atoms with Crippen LogP contribution in [0.1, 0.15) is 226 Å².